The zero-order chi connectivity index (χ0) is 20.5. The molecule has 0 bridgehead atoms. The van der Waals surface area contributed by atoms with Crippen molar-refractivity contribution in [2.45, 2.75) is 32.9 Å². The maximum Gasteiger partial charge on any atom is 0.318 e. The normalized spacial score (nSPS) is 14.4. The molecule has 4 rings (SSSR count). The smallest absolute Gasteiger partial charge is 0.318 e. The van der Waals surface area contributed by atoms with E-state index in [1.165, 1.54) is 12.1 Å². The van der Waals surface area contributed by atoms with E-state index in [0.29, 0.717) is 25.1 Å². The number of aromatic nitrogens is 3. The summed E-state index contributed by atoms with van der Waals surface area (Å²) < 4.78 is 13.7. The lowest BCUT2D eigenvalue weighted by Crippen LogP contribution is -2.43. The molecule has 6 nitrogen and oxygen atoms in total. The minimum Gasteiger partial charge on any atom is -0.331 e. The molecule has 1 unspecified atom stereocenters. The number of amides is 2. The highest BCUT2D eigenvalue weighted by molar-refractivity contribution is 6.30. The van der Waals surface area contributed by atoms with Gasteiger partial charge in [-0.3, -0.25) is 10.1 Å². The molecule has 3 heterocycles. The van der Waals surface area contributed by atoms with Crippen LogP contribution >= 0.6 is 11.6 Å². The topological polar surface area (TPSA) is 73.9 Å². The first kappa shape index (κ1) is 19.4. The maximum atomic E-state index is 13.7. The van der Waals surface area contributed by atoms with Crippen LogP contribution in [0.3, 0.4) is 0 Å². The van der Waals surface area contributed by atoms with E-state index in [-0.39, 0.29) is 17.1 Å². The monoisotopic (exact) mass is 413 g/mol. The Labute approximate surface area is 173 Å². The van der Waals surface area contributed by atoms with Crippen molar-refractivity contribution in [2.75, 3.05) is 6.54 Å². The van der Waals surface area contributed by atoms with Crippen LogP contribution in [0, 0.1) is 12.7 Å². The Hall–Kier alpha value is -2.93. The first-order chi connectivity index (χ1) is 13.9. The summed E-state index contributed by atoms with van der Waals surface area (Å²) in [6, 6.07) is 7.91. The summed E-state index contributed by atoms with van der Waals surface area (Å²) >= 11 is 5.74. The molecule has 2 amide bonds. The molecule has 0 radical (unpaired) electrons. The number of rotatable bonds is 3. The lowest BCUT2D eigenvalue weighted by molar-refractivity contribution is 0.189. The van der Waals surface area contributed by atoms with E-state index in [2.05, 4.69) is 20.5 Å². The van der Waals surface area contributed by atoms with Gasteiger partial charge < -0.3 is 10.2 Å². The van der Waals surface area contributed by atoms with Crippen LogP contribution < -0.4 is 5.32 Å². The zero-order valence-corrected chi connectivity index (χ0v) is 16.9. The van der Waals surface area contributed by atoms with Gasteiger partial charge in [0.05, 0.1) is 23.3 Å². The number of carbonyl (C=O) groups is 1. The van der Waals surface area contributed by atoms with Crippen molar-refractivity contribution in [3.63, 3.8) is 0 Å². The Morgan fingerprint density at radius 1 is 1.34 bits per heavy atom. The number of halogens is 2. The van der Waals surface area contributed by atoms with Gasteiger partial charge in [0.1, 0.15) is 5.82 Å². The van der Waals surface area contributed by atoms with Gasteiger partial charge >= 0.3 is 6.03 Å². The average Bonchev–Trinajstić information content (AvgIpc) is 3.13. The molecular formula is C21H21ClFN5O. The van der Waals surface area contributed by atoms with E-state index >= 15 is 0 Å². The van der Waals surface area contributed by atoms with Crippen LogP contribution in [0.5, 0.6) is 0 Å². The van der Waals surface area contributed by atoms with E-state index in [1.54, 1.807) is 17.2 Å². The third-order valence-corrected chi connectivity index (χ3v) is 5.48. The molecule has 1 aliphatic rings. The van der Waals surface area contributed by atoms with Crippen molar-refractivity contribution in [1.29, 1.82) is 0 Å². The molecule has 1 atom stereocenters. The molecular weight excluding hydrogens is 393 g/mol. The Balaban J connectivity index is 1.50. The van der Waals surface area contributed by atoms with Crippen LogP contribution in [0.25, 0.3) is 11.3 Å². The Morgan fingerprint density at radius 3 is 2.93 bits per heavy atom. The fourth-order valence-corrected chi connectivity index (χ4v) is 3.66. The minimum atomic E-state index is -0.497. The number of nitrogens with one attached hydrogen (secondary N) is 2. The summed E-state index contributed by atoms with van der Waals surface area (Å²) in [5, 5.41) is 10.6. The summed E-state index contributed by atoms with van der Waals surface area (Å²) in [5.74, 6) is -0.497. The number of hydrogen-bond donors (Lipinski definition) is 2. The standard InChI is InChI=1S/C21H21ClFN5O/c1-12-9-15(5-7-24-12)20-16-11-28(8-6-19(16)26-27-20)21(29)25-13(2)14-3-4-17(22)18(23)10-14/h3-5,7,9-10,13H,6,8,11H2,1-2H3,(H,25,29)(H,26,27). The molecule has 29 heavy (non-hydrogen) atoms. The highest BCUT2D eigenvalue weighted by Crippen LogP contribution is 2.29. The van der Waals surface area contributed by atoms with Gasteiger partial charge in [0.2, 0.25) is 0 Å². The Kier molecular flexibility index (Phi) is 5.24. The van der Waals surface area contributed by atoms with E-state index in [0.717, 1.165) is 28.2 Å². The Morgan fingerprint density at radius 2 is 2.17 bits per heavy atom. The number of carbonyl (C=O) groups excluding carboxylic acids is 1. The summed E-state index contributed by atoms with van der Waals surface area (Å²) in [7, 11) is 0. The number of benzene rings is 1. The van der Waals surface area contributed by atoms with Gasteiger partial charge in [-0.25, -0.2) is 9.18 Å². The van der Waals surface area contributed by atoms with Crippen molar-refractivity contribution in [3.05, 3.63) is 69.9 Å². The number of hydrogen-bond acceptors (Lipinski definition) is 3. The largest absolute Gasteiger partial charge is 0.331 e. The number of aryl methyl sites for hydroxylation is 1. The molecule has 3 aromatic rings. The third kappa shape index (κ3) is 3.96. The molecule has 0 aliphatic carbocycles. The SMILES string of the molecule is Cc1cc(-c2n[nH]c3c2CN(C(=O)NC(C)c2ccc(Cl)c(F)c2)CC3)ccn1. The average molecular weight is 414 g/mol. The molecule has 2 N–H and O–H groups in total. The molecule has 0 saturated carbocycles. The lowest BCUT2D eigenvalue weighted by Gasteiger charge is -2.29. The van der Waals surface area contributed by atoms with Crippen molar-refractivity contribution < 1.29 is 9.18 Å². The predicted molar refractivity (Wildman–Crippen MR) is 109 cm³/mol. The van der Waals surface area contributed by atoms with Crippen molar-refractivity contribution in [3.8, 4) is 11.3 Å². The molecule has 8 heteroatoms. The molecule has 0 spiro atoms. The van der Waals surface area contributed by atoms with Gasteiger partial charge in [0.25, 0.3) is 0 Å². The fourth-order valence-electron chi connectivity index (χ4n) is 3.54. The van der Waals surface area contributed by atoms with Crippen LogP contribution in [0.4, 0.5) is 9.18 Å². The van der Waals surface area contributed by atoms with Crippen LogP contribution in [-0.2, 0) is 13.0 Å². The second-order valence-corrected chi connectivity index (χ2v) is 7.64. The molecule has 1 aliphatic heterocycles. The lowest BCUT2D eigenvalue weighted by atomic mass is 10.0. The summed E-state index contributed by atoms with van der Waals surface area (Å²) in [5.41, 5.74) is 5.45. The third-order valence-electron chi connectivity index (χ3n) is 5.17. The Bertz CT molecular complexity index is 1070. The van der Waals surface area contributed by atoms with Crippen LogP contribution in [-0.4, -0.2) is 32.7 Å². The number of H-pyrrole nitrogens is 1. The second kappa shape index (κ2) is 7.83. The van der Waals surface area contributed by atoms with E-state index in [4.69, 9.17) is 11.6 Å². The fraction of sp³-hybridized carbons (Fsp3) is 0.286. The summed E-state index contributed by atoms with van der Waals surface area (Å²) in [6.45, 7) is 4.79. The number of pyridine rings is 1. The zero-order valence-electron chi connectivity index (χ0n) is 16.2. The molecule has 0 fully saturated rings. The minimum absolute atomic E-state index is 0.0645. The van der Waals surface area contributed by atoms with Crippen molar-refractivity contribution >= 4 is 17.6 Å². The maximum absolute atomic E-state index is 13.7. The molecule has 1 aromatic carbocycles. The summed E-state index contributed by atoms with van der Waals surface area (Å²) in [4.78, 5) is 18.8. The second-order valence-electron chi connectivity index (χ2n) is 7.23. The predicted octanol–water partition coefficient (Wildman–Crippen LogP) is 4.40. The van der Waals surface area contributed by atoms with Crippen LogP contribution in [0.1, 0.15) is 35.5 Å². The van der Waals surface area contributed by atoms with Gasteiger partial charge in [-0.15, -0.1) is 0 Å². The van der Waals surface area contributed by atoms with Crippen LogP contribution in [0.2, 0.25) is 5.02 Å². The molecule has 0 saturated heterocycles. The van der Waals surface area contributed by atoms with E-state index in [1.807, 2.05) is 26.0 Å². The first-order valence-electron chi connectivity index (χ1n) is 9.42. The van der Waals surface area contributed by atoms with Gasteiger partial charge in [-0.2, -0.15) is 5.10 Å². The van der Waals surface area contributed by atoms with E-state index in [9.17, 15) is 9.18 Å². The number of aromatic amines is 1. The quantitative estimate of drug-likeness (QED) is 0.668. The van der Waals surface area contributed by atoms with Gasteiger partial charge in [-0.1, -0.05) is 17.7 Å². The van der Waals surface area contributed by atoms with Crippen molar-refractivity contribution in [1.82, 2.24) is 25.4 Å². The van der Waals surface area contributed by atoms with Crippen LogP contribution in [0.15, 0.2) is 36.5 Å². The number of fused-ring (bicyclic) bond motifs is 1. The highest BCUT2D eigenvalue weighted by atomic mass is 35.5. The molecule has 2 aromatic heterocycles. The highest BCUT2D eigenvalue weighted by Gasteiger charge is 2.26. The number of nitrogens with zero attached hydrogens (tertiary/aromatic N) is 3. The van der Waals surface area contributed by atoms with Gasteiger partial charge in [0, 0.05) is 41.7 Å². The van der Waals surface area contributed by atoms with Gasteiger partial charge in [0.15, 0.2) is 0 Å². The van der Waals surface area contributed by atoms with Crippen molar-refractivity contribution in [2.24, 2.45) is 0 Å². The van der Waals surface area contributed by atoms with Gasteiger partial charge in [-0.05, 0) is 43.7 Å². The number of urea groups is 1. The first-order valence-corrected chi connectivity index (χ1v) is 9.79. The molecule has 150 valence electrons. The summed E-state index contributed by atoms with van der Waals surface area (Å²) in [6.07, 6.45) is 2.45. The van der Waals surface area contributed by atoms with E-state index < -0.39 is 5.82 Å².